The lowest BCUT2D eigenvalue weighted by Gasteiger charge is -2.22. The van der Waals surface area contributed by atoms with Crippen molar-refractivity contribution in [3.05, 3.63) is 47.5 Å². The van der Waals surface area contributed by atoms with Gasteiger partial charge in [0.05, 0.1) is 55.5 Å². The Morgan fingerprint density at radius 2 is 1.62 bits per heavy atom. The maximum Gasteiger partial charge on any atom is 0.224 e. The third kappa shape index (κ3) is 5.77. The van der Waals surface area contributed by atoms with E-state index in [2.05, 4.69) is 19.4 Å². The van der Waals surface area contributed by atoms with Crippen molar-refractivity contribution in [2.75, 3.05) is 49.1 Å². The molecule has 7 nitrogen and oxygen atoms in total. The monoisotopic (exact) mass is 403 g/mol. The molecule has 1 atom stereocenters. The minimum atomic E-state index is -0.0755. The van der Waals surface area contributed by atoms with Gasteiger partial charge in [-0.1, -0.05) is 12.1 Å². The molecule has 7 heteroatoms. The average molecular weight is 403 g/mol. The largest absolute Gasteiger partial charge is 0.497 e. The second kappa shape index (κ2) is 10.6. The van der Waals surface area contributed by atoms with Crippen molar-refractivity contribution in [1.82, 2.24) is 5.32 Å². The van der Waals surface area contributed by atoms with E-state index in [4.69, 9.17) is 18.9 Å². The number of nitrogens with one attached hydrogen (secondary N) is 2. The molecule has 0 unspecified atom stereocenters. The molecule has 0 radical (unpaired) electrons. The Hall–Kier alpha value is -2.93. The van der Waals surface area contributed by atoms with Gasteiger partial charge in [0.1, 0.15) is 11.8 Å². The van der Waals surface area contributed by atoms with Crippen LogP contribution in [0.5, 0.6) is 23.0 Å². The van der Waals surface area contributed by atoms with Crippen molar-refractivity contribution in [3.63, 3.8) is 0 Å². The summed E-state index contributed by atoms with van der Waals surface area (Å²) in [5.41, 5.74) is 1.89. The molecule has 0 aliphatic rings. The van der Waals surface area contributed by atoms with Crippen LogP contribution in [0.25, 0.3) is 0 Å². The molecule has 0 aliphatic carbocycles. The topological polar surface area (TPSA) is 70.5 Å². The zero-order chi connectivity index (χ0) is 21.4. The first-order valence-corrected chi connectivity index (χ1v) is 9.43. The highest BCUT2D eigenvalue weighted by Gasteiger charge is 2.20. The zero-order valence-corrected chi connectivity index (χ0v) is 18.0. The molecule has 2 rings (SSSR count). The maximum absolute atomic E-state index is 12.6. The molecule has 2 aromatic carbocycles. The molecule has 0 spiro atoms. The van der Waals surface area contributed by atoms with Crippen LogP contribution < -0.4 is 29.2 Å². The molecular formula is C22H31N2O5+. The number of methoxy groups -OCH3 is 4. The smallest absolute Gasteiger partial charge is 0.224 e. The van der Waals surface area contributed by atoms with Crippen LogP contribution in [-0.4, -0.2) is 55.0 Å². The Bertz CT molecular complexity index is 798. The van der Waals surface area contributed by atoms with Gasteiger partial charge in [-0.2, -0.15) is 0 Å². The fourth-order valence-corrected chi connectivity index (χ4v) is 3.21. The lowest BCUT2D eigenvalue weighted by molar-refractivity contribution is -0.890. The van der Waals surface area contributed by atoms with Crippen LogP contribution in [0.2, 0.25) is 0 Å². The Morgan fingerprint density at radius 1 is 0.966 bits per heavy atom. The Balaban J connectivity index is 2.09. The van der Waals surface area contributed by atoms with Crippen LogP contribution in [0.15, 0.2) is 36.4 Å². The Kier molecular flexibility index (Phi) is 8.15. The van der Waals surface area contributed by atoms with Gasteiger partial charge in [-0.25, -0.2) is 0 Å². The highest BCUT2D eigenvalue weighted by molar-refractivity contribution is 5.79. The van der Waals surface area contributed by atoms with Gasteiger partial charge >= 0.3 is 0 Å². The number of hydrogen-bond donors (Lipinski definition) is 2. The lowest BCUT2D eigenvalue weighted by atomic mass is 10.1. The number of carbonyl (C=O) groups excluding carboxylic acids is 1. The SMILES string of the molecule is COc1cccc([C@H](CNC(=O)Cc2cc(OC)c(OC)c(OC)c2)[NH+](C)C)c1. The first-order chi connectivity index (χ1) is 13.9. The van der Waals surface area contributed by atoms with Crippen molar-refractivity contribution in [3.8, 4) is 23.0 Å². The summed E-state index contributed by atoms with van der Waals surface area (Å²) in [7, 11) is 10.4. The lowest BCUT2D eigenvalue weighted by Crippen LogP contribution is -3.07. The number of likely N-dealkylation sites (N-methyl/N-ethyl adjacent to an activating group) is 1. The maximum atomic E-state index is 12.6. The van der Waals surface area contributed by atoms with E-state index in [1.165, 1.54) is 4.90 Å². The third-order valence-electron chi connectivity index (χ3n) is 4.79. The van der Waals surface area contributed by atoms with Gasteiger partial charge in [-0.3, -0.25) is 4.79 Å². The van der Waals surface area contributed by atoms with Crippen LogP contribution in [-0.2, 0) is 11.2 Å². The van der Waals surface area contributed by atoms with Gasteiger partial charge in [0.2, 0.25) is 11.7 Å². The summed E-state index contributed by atoms with van der Waals surface area (Å²) in [6.45, 7) is 0.513. The molecule has 158 valence electrons. The van der Waals surface area contributed by atoms with E-state index < -0.39 is 0 Å². The van der Waals surface area contributed by atoms with Crippen LogP contribution >= 0.6 is 0 Å². The normalized spacial score (nSPS) is 11.7. The van der Waals surface area contributed by atoms with Crippen LogP contribution in [0.4, 0.5) is 0 Å². The Labute approximate surface area is 172 Å². The van der Waals surface area contributed by atoms with E-state index in [-0.39, 0.29) is 18.4 Å². The number of quaternary nitrogens is 1. The first kappa shape index (κ1) is 22.4. The first-order valence-electron chi connectivity index (χ1n) is 9.43. The number of carbonyl (C=O) groups is 1. The molecule has 0 fully saturated rings. The van der Waals surface area contributed by atoms with Gasteiger partial charge in [0, 0.05) is 5.56 Å². The van der Waals surface area contributed by atoms with Crippen LogP contribution in [0.3, 0.4) is 0 Å². The van der Waals surface area contributed by atoms with Crippen molar-refractivity contribution < 1.29 is 28.6 Å². The molecule has 29 heavy (non-hydrogen) atoms. The van der Waals surface area contributed by atoms with Crippen LogP contribution in [0, 0.1) is 0 Å². The van der Waals surface area contributed by atoms with Crippen molar-refractivity contribution >= 4 is 5.91 Å². The highest BCUT2D eigenvalue weighted by Crippen LogP contribution is 2.38. The molecule has 2 N–H and O–H groups in total. The Morgan fingerprint density at radius 3 is 2.14 bits per heavy atom. The number of amides is 1. The standard InChI is InChI=1S/C22H30N2O5/c1-24(2)18(16-8-7-9-17(13-16)26-3)14-23-21(25)12-15-10-19(27-4)22(29-6)20(11-15)28-5/h7-11,13,18H,12,14H2,1-6H3,(H,23,25)/p+1/t18-/m0/s1. The van der Waals surface area contributed by atoms with Crippen molar-refractivity contribution in [2.24, 2.45) is 0 Å². The third-order valence-corrected chi connectivity index (χ3v) is 4.79. The minimum absolute atomic E-state index is 0.0755. The predicted octanol–water partition coefficient (Wildman–Crippen LogP) is 1.27. The van der Waals surface area contributed by atoms with Crippen LogP contribution in [0.1, 0.15) is 17.2 Å². The minimum Gasteiger partial charge on any atom is -0.497 e. The van der Waals surface area contributed by atoms with Gasteiger partial charge in [0.15, 0.2) is 11.5 Å². The van der Waals surface area contributed by atoms with Gasteiger partial charge in [0.25, 0.3) is 0 Å². The summed E-state index contributed by atoms with van der Waals surface area (Å²) >= 11 is 0. The number of ether oxygens (including phenoxy) is 4. The van der Waals surface area contributed by atoms with E-state index in [1.54, 1.807) is 40.6 Å². The summed E-state index contributed by atoms with van der Waals surface area (Å²) in [5.74, 6) is 2.29. The van der Waals surface area contributed by atoms with E-state index in [1.807, 2.05) is 24.3 Å². The van der Waals surface area contributed by atoms with E-state index in [0.717, 1.165) is 16.9 Å². The molecular weight excluding hydrogens is 372 g/mol. The van der Waals surface area contributed by atoms with Gasteiger partial charge < -0.3 is 29.2 Å². The number of benzene rings is 2. The summed E-state index contributed by atoms with van der Waals surface area (Å²) < 4.78 is 21.4. The molecule has 0 aliphatic heterocycles. The van der Waals surface area contributed by atoms with E-state index >= 15 is 0 Å². The predicted molar refractivity (Wildman–Crippen MR) is 111 cm³/mol. The molecule has 1 amide bonds. The van der Waals surface area contributed by atoms with Gasteiger partial charge in [-0.15, -0.1) is 0 Å². The summed E-state index contributed by atoms with van der Waals surface area (Å²) in [5, 5.41) is 3.04. The second-order valence-corrected chi connectivity index (χ2v) is 6.92. The zero-order valence-electron chi connectivity index (χ0n) is 18.0. The summed E-state index contributed by atoms with van der Waals surface area (Å²) in [6, 6.07) is 11.6. The average Bonchev–Trinajstić information content (AvgIpc) is 2.72. The molecule has 0 saturated carbocycles. The summed E-state index contributed by atoms with van der Waals surface area (Å²) in [6.07, 6.45) is 0.213. The second-order valence-electron chi connectivity index (χ2n) is 6.92. The number of hydrogen-bond acceptors (Lipinski definition) is 5. The summed E-state index contributed by atoms with van der Waals surface area (Å²) in [4.78, 5) is 13.8. The molecule has 0 bridgehead atoms. The van der Waals surface area contributed by atoms with Gasteiger partial charge in [-0.05, 0) is 29.8 Å². The van der Waals surface area contributed by atoms with E-state index in [9.17, 15) is 4.79 Å². The van der Waals surface area contributed by atoms with Crippen molar-refractivity contribution in [2.45, 2.75) is 12.5 Å². The van der Waals surface area contributed by atoms with Crippen molar-refractivity contribution in [1.29, 1.82) is 0 Å². The highest BCUT2D eigenvalue weighted by atomic mass is 16.5. The fraction of sp³-hybridized carbons (Fsp3) is 0.409. The molecule has 0 heterocycles. The fourth-order valence-electron chi connectivity index (χ4n) is 3.21. The molecule has 0 saturated heterocycles. The molecule has 2 aromatic rings. The quantitative estimate of drug-likeness (QED) is 0.625. The van der Waals surface area contributed by atoms with E-state index in [0.29, 0.717) is 23.8 Å². The molecule has 0 aromatic heterocycles. The number of rotatable bonds is 10.